The Morgan fingerprint density at radius 3 is 2.45 bits per heavy atom. The maximum absolute atomic E-state index is 15.7. The molecular weight excluding hydrogens is 893 g/mol. The van der Waals surface area contributed by atoms with Crippen LogP contribution in [0.4, 0.5) is 26.0 Å². The van der Waals surface area contributed by atoms with Crippen molar-refractivity contribution < 1.29 is 45.9 Å². The molecule has 0 aliphatic carbocycles. The normalized spacial score (nSPS) is 18.1. The number of fused-ring (bicyclic) bond motifs is 1. The first-order valence-electron chi connectivity index (χ1n) is 21.9. The highest BCUT2D eigenvalue weighted by Gasteiger charge is 2.34. The van der Waals surface area contributed by atoms with Crippen molar-refractivity contribution in [2.24, 2.45) is 0 Å². The van der Waals surface area contributed by atoms with Crippen molar-refractivity contribution in [3.63, 3.8) is 0 Å². The highest BCUT2D eigenvalue weighted by Crippen LogP contribution is 2.32. The first-order valence-corrected chi connectivity index (χ1v) is 23.3. The maximum atomic E-state index is 15.7. The van der Waals surface area contributed by atoms with Gasteiger partial charge in [0.2, 0.25) is 23.8 Å². The molecule has 3 aliphatic heterocycles. The SMILES string of the molecule is CCN(C)S(=O)(=O)Nc1ccc(F)c(C(=O)c2c[nH]c3ncc(-c4ccnc(N5CCC(NC(=O)C(OC=O)N6CCC(c7ccc(NC8CCC(=O)NC8=O)cn7)CC6)CC5)c4)cc23)c1F. The molecule has 5 N–H and O–H groups in total. The topological polar surface area (TPSA) is 241 Å². The molecule has 67 heavy (non-hydrogen) atoms. The van der Waals surface area contributed by atoms with Crippen LogP contribution in [0.25, 0.3) is 22.2 Å². The van der Waals surface area contributed by atoms with Gasteiger partial charge in [-0.25, -0.2) is 18.7 Å². The number of imide groups is 1. The van der Waals surface area contributed by atoms with Crippen LogP contribution in [0, 0.1) is 11.6 Å². The quantitative estimate of drug-likeness (QED) is 0.0537. The standard InChI is InChI=1S/C45H49F2N11O8S/c1-3-56(2)67(64,65)55-35-7-5-33(46)39(40(35)47)41(61)32-24-51-42-31(32)20-28(22-50-42)27-10-15-48-37(21-27)57-18-13-29(14-19-57)53-44(63)45(66-25-59)58-16-11-26(12-17-58)34-6-4-30(23-49-34)52-36-8-9-38(60)54-43(36)62/h4-7,10,15,20-26,29,36,45,52,55H,3,8-9,11-14,16-19H2,1-2H3,(H,50,51)(H,53,63)(H,54,60,62). The van der Waals surface area contributed by atoms with E-state index in [0.29, 0.717) is 91.9 Å². The van der Waals surface area contributed by atoms with Crippen molar-refractivity contribution in [2.75, 3.05) is 54.7 Å². The number of halogens is 2. The molecule has 2 atom stereocenters. The number of piperidine rings is 3. The lowest BCUT2D eigenvalue weighted by Gasteiger charge is -2.37. The molecule has 2 unspecified atom stereocenters. The number of amides is 3. The number of likely N-dealkylation sites (tertiary alicyclic amines) is 1. The van der Waals surface area contributed by atoms with Crippen LogP contribution < -0.4 is 25.6 Å². The minimum Gasteiger partial charge on any atom is -0.439 e. The smallest absolute Gasteiger partial charge is 0.301 e. The predicted octanol–water partition coefficient (Wildman–Crippen LogP) is 3.82. The molecule has 19 nitrogen and oxygen atoms in total. The summed E-state index contributed by atoms with van der Waals surface area (Å²) in [4.78, 5) is 82.9. The van der Waals surface area contributed by atoms with Crippen LogP contribution in [0.3, 0.4) is 0 Å². The number of nitrogens with zero attached hydrogens (tertiary/aromatic N) is 6. The van der Waals surface area contributed by atoms with Crippen LogP contribution in [0.15, 0.2) is 67.3 Å². The van der Waals surface area contributed by atoms with Gasteiger partial charge in [-0.1, -0.05) is 6.92 Å². The van der Waals surface area contributed by atoms with E-state index in [4.69, 9.17) is 4.74 Å². The van der Waals surface area contributed by atoms with Crippen LogP contribution >= 0.6 is 0 Å². The molecule has 7 heterocycles. The second kappa shape index (κ2) is 19.9. The number of nitrogens with one attached hydrogen (secondary N) is 5. The molecule has 3 fully saturated rings. The van der Waals surface area contributed by atoms with E-state index < -0.39 is 57.1 Å². The van der Waals surface area contributed by atoms with Gasteiger partial charge in [0, 0.05) is 98.9 Å². The fourth-order valence-electron chi connectivity index (χ4n) is 8.57. The molecule has 352 valence electrons. The summed E-state index contributed by atoms with van der Waals surface area (Å²) in [6.07, 6.45) is 8.30. The fraction of sp³-hybridized carbons (Fsp3) is 0.378. The number of aromatic nitrogens is 4. The van der Waals surface area contributed by atoms with Gasteiger partial charge in [-0.2, -0.15) is 12.7 Å². The summed E-state index contributed by atoms with van der Waals surface area (Å²) < 4.78 is 64.3. The molecule has 0 bridgehead atoms. The van der Waals surface area contributed by atoms with E-state index in [2.05, 4.69) is 45.5 Å². The van der Waals surface area contributed by atoms with Gasteiger partial charge in [-0.15, -0.1) is 0 Å². The minimum atomic E-state index is -4.17. The molecule has 5 aromatic rings. The number of anilines is 3. The fourth-order valence-corrected chi connectivity index (χ4v) is 9.50. The highest BCUT2D eigenvalue weighted by molar-refractivity contribution is 7.90. The Kier molecular flexibility index (Phi) is 13.8. The summed E-state index contributed by atoms with van der Waals surface area (Å²) in [7, 11) is -2.88. The second-order valence-electron chi connectivity index (χ2n) is 16.6. The van der Waals surface area contributed by atoms with Gasteiger partial charge < -0.3 is 25.3 Å². The zero-order valence-corrected chi connectivity index (χ0v) is 37.4. The van der Waals surface area contributed by atoms with Crippen molar-refractivity contribution in [3.05, 3.63) is 95.7 Å². The number of ketones is 1. The molecule has 4 aromatic heterocycles. The summed E-state index contributed by atoms with van der Waals surface area (Å²) in [5, 5.41) is 8.82. The van der Waals surface area contributed by atoms with E-state index in [1.54, 1.807) is 37.6 Å². The van der Waals surface area contributed by atoms with Crippen LogP contribution in [0.5, 0.6) is 0 Å². The van der Waals surface area contributed by atoms with E-state index in [1.807, 2.05) is 23.1 Å². The van der Waals surface area contributed by atoms with Crippen molar-refractivity contribution in [1.29, 1.82) is 0 Å². The summed E-state index contributed by atoms with van der Waals surface area (Å²) >= 11 is 0. The lowest BCUT2D eigenvalue weighted by Crippen LogP contribution is -2.54. The van der Waals surface area contributed by atoms with Crippen molar-refractivity contribution in [2.45, 2.75) is 69.7 Å². The molecule has 22 heteroatoms. The number of benzene rings is 1. The van der Waals surface area contributed by atoms with Crippen molar-refractivity contribution >= 4 is 68.4 Å². The number of H-pyrrole nitrogens is 1. The number of hydrogen-bond donors (Lipinski definition) is 5. The van der Waals surface area contributed by atoms with E-state index in [-0.39, 0.29) is 48.8 Å². The molecule has 0 saturated carbocycles. The van der Waals surface area contributed by atoms with Gasteiger partial charge in [-0.3, -0.25) is 43.9 Å². The Morgan fingerprint density at radius 1 is 0.970 bits per heavy atom. The van der Waals surface area contributed by atoms with Gasteiger partial charge in [0.1, 0.15) is 23.3 Å². The van der Waals surface area contributed by atoms with Gasteiger partial charge in [0.15, 0.2) is 5.82 Å². The van der Waals surface area contributed by atoms with Gasteiger partial charge >= 0.3 is 10.2 Å². The average Bonchev–Trinajstić information content (AvgIpc) is 3.76. The molecule has 3 aliphatic rings. The molecule has 3 amide bonds. The zero-order valence-electron chi connectivity index (χ0n) is 36.6. The van der Waals surface area contributed by atoms with Crippen LogP contribution in [-0.4, -0.2) is 126 Å². The van der Waals surface area contributed by atoms with Crippen LogP contribution in [-0.2, 0) is 34.1 Å². The molecule has 1 aromatic carbocycles. The second-order valence-corrected chi connectivity index (χ2v) is 18.4. The molecule has 3 saturated heterocycles. The number of rotatable bonds is 16. The largest absolute Gasteiger partial charge is 0.439 e. The summed E-state index contributed by atoms with van der Waals surface area (Å²) in [5.41, 5.74) is 1.56. The van der Waals surface area contributed by atoms with E-state index in [1.165, 1.54) is 13.2 Å². The summed E-state index contributed by atoms with van der Waals surface area (Å²) in [6, 6.07) is 10.1. The van der Waals surface area contributed by atoms with Crippen molar-refractivity contribution in [1.82, 2.24) is 39.8 Å². The summed E-state index contributed by atoms with van der Waals surface area (Å²) in [5.74, 6) is -3.80. The average molecular weight is 942 g/mol. The van der Waals surface area contributed by atoms with Crippen molar-refractivity contribution in [3.8, 4) is 11.1 Å². The lowest BCUT2D eigenvalue weighted by atomic mass is 9.92. The maximum Gasteiger partial charge on any atom is 0.301 e. The minimum absolute atomic E-state index is 0.0704. The van der Waals surface area contributed by atoms with Gasteiger partial charge in [0.05, 0.1) is 23.1 Å². The molecular formula is C45H49F2N11O8S. The van der Waals surface area contributed by atoms with E-state index in [0.717, 1.165) is 22.1 Å². The number of carbonyl (C=O) groups is 5. The van der Waals surface area contributed by atoms with E-state index in [9.17, 15) is 32.4 Å². The number of carbonyl (C=O) groups excluding carboxylic acids is 5. The molecule has 0 radical (unpaired) electrons. The monoisotopic (exact) mass is 941 g/mol. The Bertz CT molecular complexity index is 2800. The van der Waals surface area contributed by atoms with Gasteiger partial charge in [0.25, 0.3) is 12.4 Å². The van der Waals surface area contributed by atoms with E-state index >= 15 is 8.78 Å². The number of pyridine rings is 3. The molecule has 8 rings (SSSR count). The van der Waals surface area contributed by atoms with Gasteiger partial charge in [-0.05, 0) is 80.1 Å². The Hall–Kier alpha value is -6.91. The van der Waals surface area contributed by atoms with Crippen LogP contribution in [0.2, 0.25) is 0 Å². The number of aromatic amines is 1. The first-order chi connectivity index (χ1) is 32.2. The summed E-state index contributed by atoms with van der Waals surface area (Å²) in [6.45, 7) is 4.05. The zero-order chi connectivity index (χ0) is 47.4. The third-order valence-corrected chi connectivity index (χ3v) is 14.0. The number of ether oxygens (including phenoxy) is 1. The lowest BCUT2D eigenvalue weighted by molar-refractivity contribution is -0.159. The Balaban J connectivity index is 0.866. The number of hydrogen-bond acceptors (Lipinski definition) is 14. The predicted molar refractivity (Wildman–Crippen MR) is 242 cm³/mol. The first kappa shape index (κ1) is 46.6. The Labute approximate surface area is 384 Å². The third kappa shape index (κ3) is 10.2. The van der Waals surface area contributed by atoms with Crippen LogP contribution in [0.1, 0.15) is 73.0 Å². The molecule has 0 spiro atoms. The Morgan fingerprint density at radius 2 is 1.75 bits per heavy atom. The highest BCUT2D eigenvalue weighted by atomic mass is 32.2. The third-order valence-electron chi connectivity index (χ3n) is 12.5.